The minimum absolute atomic E-state index is 0.358. The number of nitrogens with zero attached hydrogens (tertiary/aromatic N) is 1. The van der Waals surface area contributed by atoms with E-state index < -0.39 is 0 Å². The summed E-state index contributed by atoms with van der Waals surface area (Å²) in [5.74, 6) is 0. The predicted molar refractivity (Wildman–Crippen MR) is 68.7 cm³/mol. The van der Waals surface area contributed by atoms with Gasteiger partial charge in [-0.3, -0.25) is 4.90 Å². The zero-order chi connectivity index (χ0) is 11.9. The highest BCUT2D eigenvalue weighted by Gasteiger charge is 2.21. The molecule has 2 nitrogen and oxygen atoms in total. The molecule has 0 radical (unpaired) electrons. The Bertz CT molecular complexity index is 217. The molecule has 0 saturated carbocycles. The van der Waals surface area contributed by atoms with Crippen molar-refractivity contribution < 1.29 is 0 Å². The summed E-state index contributed by atoms with van der Waals surface area (Å²) in [5.41, 5.74) is 6.94. The molecule has 0 aromatic carbocycles. The van der Waals surface area contributed by atoms with Crippen molar-refractivity contribution in [1.29, 1.82) is 0 Å². The average Bonchev–Trinajstić information content (AvgIpc) is 2.16. The monoisotopic (exact) mass is 210 g/mol. The lowest BCUT2D eigenvalue weighted by molar-refractivity contribution is 0.157. The molecule has 0 aliphatic carbocycles. The first-order valence-corrected chi connectivity index (χ1v) is 5.82. The second kappa shape index (κ2) is 6.81. The Labute approximate surface area is 94.8 Å². The van der Waals surface area contributed by atoms with E-state index >= 15 is 0 Å². The van der Waals surface area contributed by atoms with Gasteiger partial charge in [0.2, 0.25) is 0 Å². The Morgan fingerprint density at radius 3 is 2.47 bits per heavy atom. The van der Waals surface area contributed by atoms with E-state index in [1.165, 1.54) is 12.8 Å². The second-order valence-electron chi connectivity index (χ2n) is 4.34. The van der Waals surface area contributed by atoms with Crippen LogP contribution in [0.1, 0.15) is 40.5 Å². The minimum atomic E-state index is -0.358. The van der Waals surface area contributed by atoms with Gasteiger partial charge in [-0.2, -0.15) is 0 Å². The minimum Gasteiger partial charge on any atom is -0.310 e. The number of allylic oxidation sites excluding steroid dienone is 2. The molecule has 15 heavy (non-hydrogen) atoms. The quantitative estimate of drug-likeness (QED) is 0.517. The van der Waals surface area contributed by atoms with E-state index in [1.807, 2.05) is 26.0 Å². The molecule has 0 spiro atoms. The van der Waals surface area contributed by atoms with Gasteiger partial charge in [-0.15, -0.1) is 0 Å². The van der Waals surface area contributed by atoms with Gasteiger partial charge in [0.05, 0.1) is 5.66 Å². The first-order chi connectivity index (χ1) is 6.94. The van der Waals surface area contributed by atoms with Crippen LogP contribution in [0, 0.1) is 0 Å². The molecule has 0 bridgehead atoms. The highest BCUT2D eigenvalue weighted by Crippen LogP contribution is 2.12. The highest BCUT2D eigenvalue weighted by molar-refractivity contribution is 5.16. The highest BCUT2D eigenvalue weighted by atomic mass is 15.3. The van der Waals surface area contributed by atoms with Crippen LogP contribution in [-0.2, 0) is 0 Å². The fourth-order valence-electron chi connectivity index (χ4n) is 1.51. The molecule has 1 atom stereocenters. The molecule has 0 heterocycles. The Balaban J connectivity index is 4.42. The van der Waals surface area contributed by atoms with Crippen molar-refractivity contribution in [3.05, 3.63) is 24.3 Å². The summed E-state index contributed by atoms with van der Waals surface area (Å²) in [5, 5.41) is 0. The molecule has 0 rings (SSSR count). The normalized spacial score (nSPS) is 15.9. The summed E-state index contributed by atoms with van der Waals surface area (Å²) < 4.78 is 0. The fourth-order valence-corrected chi connectivity index (χ4v) is 1.51. The van der Waals surface area contributed by atoms with Gasteiger partial charge in [0, 0.05) is 6.54 Å². The maximum atomic E-state index is 6.26. The van der Waals surface area contributed by atoms with E-state index in [2.05, 4.69) is 25.3 Å². The van der Waals surface area contributed by atoms with Gasteiger partial charge < -0.3 is 5.73 Å². The van der Waals surface area contributed by atoms with Crippen molar-refractivity contribution in [3.8, 4) is 0 Å². The summed E-state index contributed by atoms with van der Waals surface area (Å²) in [6.07, 6.45) is 6.43. The Morgan fingerprint density at radius 2 is 2.07 bits per heavy atom. The smallest absolute Gasteiger partial charge is 0.0852 e. The van der Waals surface area contributed by atoms with E-state index in [0.717, 1.165) is 18.7 Å². The van der Waals surface area contributed by atoms with E-state index in [1.54, 1.807) is 0 Å². The average molecular weight is 210 g/mol. The van der Waals surface area contributed by atoms with Crippen LogP contribution >= 0.6 is 0 Å². The number of hydrogen-bond donors (Lipinski definition) is 1. The van der Waals surface area contributed by atoms with Crippen molar-refractivity contribution in [1.82, 2.24) is 4.90 Å². The number of nitrogens with two attached hydrogens (primary N) is 1. The first-order valence-electron chi connectivity index (χ1n) is 5.82. The van der Waals surface area contributed by atoms with Crippen molar-refractivity contribution in [3.63, 3.8) is 0 Å². The maximum Gasteiger partial charge on any atom is 0.0852 e. The number of rotatable bonds is 7. The fraction of sp³-hybridized carbons (Fsp3) is 0.692. The molecule has 0 saturated heterocycles. The van der Waals surface area contributed by atoms with Crippen molar-refractivity contribution in [2.45, 2.75) is 46.2 Å². The Morgan fingerprint density at radius 1 is 1.47 bits per heavy atom. The summed E-state index contributed by atoms with van der Waals surface area (Å²) in [6.45, 7) is 14.3. The van der Waals surface area contributed by atoms with Gasteiger partial charge in [0.1, 0.15) is 0 Å². The molecule has 0 fully saturated rings. The van der Waals surface area contributed by atoms with Crippen LogP contribution in [0.4, 0.5) is 0 Å². The van der Waals surface area contributed by atoms with E-state index in [0.29, 0.717) is 0 Å². The summed E-state index contributed by atoms with van der Waals surface area (Å²) >= 11 is 0. The number of likely N-dealkylation sites (N-methyl/N-ethyl adjacent to an activating group) is 1. The molecule has 2 N–H and O–H groups in total. The summed E-state index contributed by atoms with van der Waals surface area (Å²) in [7, 11) is 0. The third kappa shape index (κ3) is 5.75. The zero-order valence-electron chi connectivity index (χ0n) is 10.7. The van der Waals surface area contributed by atoms with Crippen LogP contribution in [0.15, 0.2) is 24.3 Å². The van der Waals surface area contributed by atoms with E-state index in [9.17, 15) is 0 Å². The molecule has 0 aromatic heterocycles. The van der Waals surface area contributed by atoms with Crippen molar-refractivity contribution in [2.75, 3.05) is 13.1 Å². The predicted octanol–water partition coefficient (Wildman–Crippen LogP) is 2.92. The van der Waals surface area contributed by atoms with Gasteiger partial charge >= 0.3 is 0 Å². The lowest BCUT2D eigenvalue weighted by atomic mass is 10.1. The number of hydrogen-bond acceptors (Lipinski definition) is 2. The topological polar surface area (TPSA) is 29.3 Å². The summed E-state index contributed by atoms with van der Waals surface area (Å²) in [6, 6.07) is 0. The van der Waals surface area contributed by atoms with Crippen LogP contribution in [0.3, 0.4) is 0 Å². The van der Waals surface area contributed by atoms with Crippen molar-refractivity contribution >= 4 is 0 Å². The Hall–Kier alpha value is -0.600. The van der Waals surface area contributed by atoms with Crippen LogP contribution < -0.4 is 5.73 Å². The van der Waals surface area contributed by atoms with Gasteiger partial charge in [-0.1, -0.05) is 44.6 Å². The van der Waals surface area contributed by atoms with Gasteiger partial charge in [-0.25, -0.2) is 0 Å². The Kier molecular flexibility index (Phi) is 6.53. The van der Waals surface area contributed by atoms with Crippen LogP contribution in [0.2, 0.25) is 0 Å². The van der Waals surface area contributed by atoms with E-state index in [4.69, 9.17) is 5.73 Å². The molecule has 0 unspecified atom stereocenters. The third-order valence-electron chi connectivity index (χ3n) is 2.55. The largest absolute Gasteiger partial charge is 0.310 e. The van der Waals surface area contributed by atoms with Gasteiger partial charge in [0.15, 0.2) is 0 Å². The molecule has 0 aliphatic heterocycles. The number of unbranched alkanes of at least 4 members (excludes halogenated alkanes) is 1. The lowest BCUT2D eigenvalue weighted by Gasteiger charge is -2.35. The molecule has 2 heteroatoms. The lowest BCUT2D eigenvalue weighted by Crippen LogP contribution is -2.52. The van der Waals surface area contributed by atoms with Crippen LogP contribution in [0.5, 0.6) is 0 Å². The van der Waals surface area contributed by atoms with Crippen molar-refractivity contribution in [2.24, 2.45) is 5.73 Å². The molecule has 88 valence electrons. The molecule has 0 amide bonds. The molecule has 0 aliphatic rings. The SMILES string of the molecule is C=C(C)/C=C/[C@](C)(N)N(CC)CCCC. The standard InChI is InChI=1S/C13H26N2/c1-6-8-11-15(7-2)13(5,14)10-9-12(3)4/h9-10H,3,6-8,11,14H2,1-2,4-5H3/b10-9+/t13-/m1/s1. The second-order valence-corrected chi connectivity index (χ2v) is 4.34. The van der Waals surface area contributed by atoms with Gasteiger partial charge in [-0.05, 0) is 26.8 Å². The van der Waals surface area contributed by atoms with E-state index in [-0.39, 0.29) is 5.66 Å². The molecular weight excluding hydrogens is 184 g/mol. The van der Waals surface area contributed by atoms with Gasteiger partial charge in [0.25, 0.3) is 0 Å². The third-order valence-corrected chi connectivity index (χ3v) is 2.55. The molecular formula is C13H26N2. The zero-order valence-corrected chi connectivity index (χ0v) is 10.7. The molecule has 0 aromatic rings. The first kappa shape index (κ1) is 14.4. The van der Waals surface area contributed by atoms with Crippen LogP contribution in [-0.4, -0.2) is 23.7 Å². The summed E-state index contributed by atoms with van der Waals surface area (Å²) in [4.78, 5) is 2.29. The maximum absolute atomic E-state index is 6.26. The van der Waals surface area contributed by atoms with Crippen LogP contribution in [0.25, 0.3) is 0 Å².